The van der Waals surface area contributed by atoms with Crippen LogP contribution in [0.4, 0.5) is 4.79 Å². The summed E-state index contributed by atoms with van der Waals surface area (Å²) in [6, 6.07) is -0.282. The Morgan fingerprint density at radius 1 is 1.14 bits per heavy atom. The van der Waals surface area contributed by atoms with Gasteiger partial charge in [-0.05, 0) is 44.7 Å². The lowest BCUT2D eigenvalue weighted by Crippen LogP contribution is -2.48. The Labute approximate surface area is 124 Å². The summed E-state index contributed by atoms with van der Waals surface area (Å²) in [5, 5.41) is 20.2. The Morgan fingerprint density at radius 2 is 1.76 bits per heavy atom. The summed E-state index contributed by atoms with van der Waals surface area (Å²) in [6.07, 6.45) is 3.04. The molecule has 0 spiro atoms. The van der Waals surface area contributed by atoms with Crippen LogP contribution in [0.1, 0.15) is 25.7 Å². The number of rotatable bonds is 5. The van der Waals surface area contributed by atoms with Gasteiger partial charge in [-0.3, -0.25) is 0 Å². The van der Waals surface area contributed by atoms with Crippen LogP contribution < -0.4 is 5.32 Å². The van der Waals surface area contributed by atoms with Gasteiger partial charge < -0.3 is 25.3 Å². The van der Waals surface area contributed by atoms with E-state index in [0.29, 0.717) is 19.0 Å². The number of carbonyl (C=O) groups is 2. The number of carboxylic acid groups (broad SMARTS) is 1. The minimum absolute atomic E-state index is 0.248. The lowest BCUT2D eigenvalue weighted by molar-refractivity contribution is -0.146. The molecule has 1 atom stereocenters. The van der Waals surface area contributed by atoms with E-state index in [1.165, 1.54) is 25.9 Å². The molecule has 0 bridgehead atoms. The summed E-state index contributed by atoms with van der Waals surface area (Å²) in [7, 11) is 0. The first kappa shape index (κ1) is 16.0. The number of piperidine rings is 1. The molecule has 0 saturated carbocycles. The molecular weight excluding hydrogens is 274 g/mol. The molecule has 0 aromatic heterocycles. The number of hydrogen-bond donors (Lipinski definition) is 3. The van der Waals surface area contributed by atoms with Crippen molar-refractivity contribution >= 4 is 12.0 Å². The molecule has 2 heterocycles. The van der Waals surface area contributed by atoms with Crippen LogP contribution >= 0.6 is 0 Å². The Balaban J connectivity index is 1.65. The third-order valence-electron chi connectivity index (χ3n) is 4.35. The van der Waals surface area contributed by atoms with Gasteiger partial charge >= 0.3 is 12.0 Å². The molecule has 2 aliphatic heterocycles. The highest BCUT2D eigenvalue weighted by Crippen LogP contribution is 2.20. The molecule has 2 rings (SSSR count). The zero-order chi connectivity index (χ0) is 15.2. The van der Waals surface area contributed by atoms with E-state index >= 15 is 0 Å². The number of carbonyl (C=O) groups excluding carboxylic acids is 1. The molecule has 7 heteroatoms. The Kier molecular flexibility index (Phi) is 5.81. The van der Waals surface area contributed by atoms with E-state index in [4.69, 9.17) is 10.2 Å². The van der Waals surface area contributed by atoms with Crippen molar-refractivity contribution in [1.29, 1.82) is 0 Å². The Morgan fingerprint density at radius 3 is 2.33 bits per heavy atom. The molecule has 0 radical (unpaired) electrons. The number of nitrogens with one attached hydrogen (secondary N) is 1. The van der Waals surface area contributed by atoms with E-state index in [9.17, 15) is 9.59 Å². The van der Waals surface area contributed by atoms with Gasteiger partial charge in [0.25, 0.3) is 0 Å². The van der Waals surface area contributed by atoms with Crippen LogP contribution in [0.2, 0.25) is 0 Å². The molecule has 0 unspecified atom stereocenters. The Hall–Kier alpha value is -1.34. The molecule has 2 fully saturated rings. The van der Waals surface area contributed by atoms with Crippen LogP contribution in [0.25, 0.3) is 0 Å². The summed E-state index contributed by atoms with van der Waals surface area (Å²) in [5.74, 6) is -0.670. The smallest absolute Gasteiger partial charge is 0.334 e. The highest BCUT2D eigenvalue weighted by Gasteiger charge is 2.25. The van der Waals surface area contributed by atoms with Crippen LogP contribution in [-0.2, 0) is 4.79 Å². The largest absolute Gasteiger partial charge is 0.479 e. The van der Waals surface area contributed by atoms with Crippen LogP contribution in [-0.4, -0.2) is 77.4 Å². The van der Waals surface area contributed by atoms with E-state index in [0.717, 1.165) is 19.4 Å². The fourth-order valence-electron chi connectivity index (χ4n) is 3.03. The van der Waals surface area contributed by atoms with Gasteiger partial charge in [0.15, 0.2) is 6.10 Å². The minimum Gasteiger partial charge on any atom is -0.479 e. The molecular formula is C14H25N3O4. The van der Waals surface area contributed by atoms with Crippen molar-refractivity contribution < 1.29 is 19.8 Å². The molecule has 3 N–H and O–H groups in total. The SMILES string of the molecule is O=C(O)[C@@H](O)CNC(=O)N1CCC(CN2CCCC2)CC1. The fourth-order valence-corrected chi connectivity index (χ4v) is 3.03. The van der Waals surface area contributed by atoms with Gasteiger partial charge in [0.2, 0.25) is 0 Å². The quantitative estimate of drug-likeness (QED) is 0.662. The van der Waals surface area contributed by atoms with Crippen molar-refractivity contribution in [2.75, 3.05) is 39.3 Å². The van der Waals surface area contributed by atoms with Crippen LogP contribution in [0, 0.1) is 5.92 Å². The summed E-state index contributed by atoms with van der Waals surface area (Å²) in [5.41, 5.74) is 0. The van der Waals surface area contributed by atoms with E-state index in [1.54, 1.807) is 4.90 Å². The van der Waals surface area contributed by atoms with Crippen molar-refractivity contribution in [2.45, 2.75) is 31.8 Å². The van der Waals surface area contributed by atoms with Crippen molar-refractivity contribution in [1.82, 2.24) is 15.1 Å². The number of aliphatic carboxylic acids is 1. The number of hydrogen-bond acceptors (Lipinski definition) is 4. The standard InChI is InChI=1S/C14H25N3O4/c18-12(13(19)20)9-15-14(21)17-7-3-11(4-8-17)10-16-5-1-2-6-16/h11-12,18H,1-10H2,(H,15,21)(H,19,20)/t12-/m0/s1. The minimum atomic E-state index is -1.54. The van der Waals surface area contributed by atoms with E-state index in [1.807, 2.05) is 0 Å². The lowest BCUT2D eigenvalue weighted by atomic mass is 9.96. The average molecular weight is 299 g/mol. The first-order chi connectivity index (χ1) is 10.1. The number of aliphatic hydroxyl groups is 1. The predicted octanol–water partition coefficient (Wildman–Crippen LogP) is -0.0507. The van der Waals surface area contributed by atoms with Crippen molar-refractivity contribution in [2.24, 2.45) is 5.92 Å². The molecule has 7 nitrogen and oxygen atoms in total. The van der Waals surface area contributed by atoms with Gasteiger partial charge in [0.1, 0.15) is 0 Å². The lowest BCUT2D eigenvalue weighted by Gasteiger charge is -2.33. The van der Waals surface area contributed by atoms with Crippen LogP contribution in [0.3, 0.4) is 0 Å². The first-order valence-electron chi connectivity index (χ1n) is 7.72. The molecule has 120 valence electrons. The van der Waals surface area contributed by atoms with E-state index in [-0.39, 0.29) is 12.6 Å². The second kappa shape index (κ2) is 7.61. The second-order valence-corrected chi connectivity index (χ2v) is 5.98. The molecule has 0 aromatic rings. The molecule has 2 saturated heterocycles. The third kappa shape index (κ3) is 4.86. The molecule has 2 aliphatic rings. The van der Waals surface area contributed by atoms with Gasteiger partial charge in [-0.2, -0.15) is 0 Å². The van der Waals surface area contributed by atoms with Gasteiger partial charge in [0, 0.05) is 19.6 Å². The van der Waals surface area contributed by atoms with Gasteiger partial charge in [-0.15, -0.1) is 0 Å². The zero-order valence-electron chi connectivity index (χ0n) is 12.3. The van der Waals surface area contributed by atoms with Gasteiger partial charge in [-0.1, -0.05) is 0 Å². The topological polar surface area (TPSA) is 93.1 Å². The molecule has 0 aliphatic carbocycles. The monoisotopic (exact) mass is 299 g/mol. The summed E-state index contributed by atoms with van der Waals surface area (Å²) < 4.78 is 0. The van der Waals surface area contributed by atoms with Gasteiger partial charge in [-0.25, -0.2) is 9.59 Å². The number of carboxylic acids is 1. The molecule has 2 amide bonds. The summed E-state index contributed by atoms with van der Waals surface area (Å²) in [4.78, 5) is 26.6. The maximum absolute atomic E-state index is 11.9. The maximum atomic E-state index is 11.9. The zero-order valence-corrected chi connectivity index (χ0v) is 12.3. The average Bonchev–Trinajstić information content (AvgIpc) is 2.98. The predicted molar refractivity (Wildman–Crippen MR) is 77.0 cm³/mol. The van der Waals surface area contributed by atoms with E-state index < -0.39 is 12.1 Å². The van der Waals surface area contributed by atoms with Crippen molar-refractivity contribution in [3.05, 3.63) is 0 Å². The van der Waals surface area contributed by atoms with Crippen molar-refractivity contribution in [3.8, 4) is 0 Å². The first-order valence-corrected chi connectivity index (χ1v) is 7.72. The van der Waals surface area contributed by atoms with Gasteiger partial charge in [0.05, 0.1) is 6.54 Å². The molecule has 21 heavy (non-hydrogen) atoms. The highest BCUT2D eigenvalue weighted by molar-refractivity contribution is 5.76. The maximum Gasteiger partial charge on any atom is 0.334 e. The van der Waals surface area contributed by atoms with Crippen molar-refractivity contribution in [3.63, 3.8) is 0 Å². The van der Waals surface area contributed by atoms with Crippen LogP contribution in [0.15, 0.2) is 0 Å². The number of urea groups is 1. The normalized spacial score (nSPS) is 22.2. The fraction of sp³-hybridized carbons (Fsp3) is 0.857. The highest BCUT2D eigenvalue weighted by atomic mass is 16.4. The summed E-state index contributed by atoms with van der Waals surface area (Å²) in [6.45, 7) is 4.69. The summed E-state index contributed by atoms with van der Waals surface area (Å²) >= 11 is 0. The number of aliphatic hydroxyl groups excluding tert-OH is 1. The third-order valence-corrected chi connectivity index (χ3v) is 4.35. The van der Waals surface area contributed by atoms with E-state index in [2.05, 4.69) is 10.2 Å². The number of amides is 2. The van der Waals surface area contributed by atoms with Crippen LogP contribution in [0.5, 0.6) is 0 Å². The number of nitrogens with zero attached hydrogens (tertiary/aromatic N) is 2. The second-order valence-electron chi connectivity index (χ2n) is 5.98. The molecule has 0 aromatic carbocycles. The Bertz CT molecular complexity index is 363. The number of likely N-dealkylation sites (tertiary alicyclic amines) is 2.